The predicted octanol–water partition coefficient (Wildman–Crippen LogP) is 3.32. The van der Waals surface area contributed by atoms with Crippen LogP contribution in [0.4, 0.5) is 0 Å². The number of hydrogen-bond acceptors (Lipinski definition) is 4. The van der Waals surface area contributed by atoms with Crippen LogP contribution in [0.25, 0.3) is 0 Å². The highest BCUT2D eigenvalue weighted by Crippen LogP contribution is 2.21. The number of aryl methyl sites for hydroxylation is 2. The number of benzene rings is 2. The Morgan fingerprint density at radius 3 is 2.23 bits per heavy atom. The molecule has 1 aliphatic heterocycles. The van der Waals surface area contributed by atoms with Crippen LogP contribution in [0.1, 0.15) is 34.8 Å². The Kier molecular flexibility index (Phi) is 7.33. The van der Waals surface area contributed by atoms with E-state index in [1.165, 1.54) is 0 Å². The normalized spacial score (nSPS) is 13.8. The molecule has 0 saturated carbocycles. The summed E-state index contributed by atoms with van der Waals surface area (Å²) in [5, 5.41) is 0. The van der Waals surface area contributed by atoms with E-state index in [0.717, 1.165) is 22.6 Å². The molecule has 0 bridgehead atoms. The summed E-state index contributed by atoms with van der Waals surface area (Å²) in [5.74, 6) is 1.76. The van der Waals surface area contributed by atoms with E-state index < -0.39 is 0 Å². The molecule has 0 atom stereocenters. The maximum Gasteiger partial charge on any atom is 0.253 e. The van der Waals surface area contributed by atoms with Crippen molar-refractivity contribution >= 4 is 11.8 Å². The first-order valence-electron chi connectivity index (χ1n) is 10.4. The van der Waals surface area contributed by atoms with E-state index in [-0.39, 0.29) is 11.8 Å². The van der Waals surface area contributed by atoms with E-state index in [1.54, 1.807) is 7.11 Å². The van der Waals surface area contributed by atoms with Crippen molar-refractivity contribution in [2.45, 2.75) is 26.7 Å². The lowest BCUT2D eigenvalue weighted by atomic mass is 10.1. The van der Waals surface area contributed by atoms with Crippen LogP contribution < -0.4 is 9.47 Å². The summed E-state index contributed by atoms with van der Waals surface area (Å²) in [5.41, 5.74) is 2.73. The highest BCUT2D eigenvalue weighted by Gasteiger charge is 2.25. The molecule has 0 aromatic heterocycles. The first-order valence-corrected chi connectivity index (χ1v) is 10.4. The molecule has 1 aliphatic rings. The molecular formula is C24H30N2O4. The Bertz CT molecular complexity index is 871. The van der Waals surface area contributed by atoms with Crippen LogP contribution >= 0.6 is 0 Å². The number of amides is 2. The fourth-order valence-electron chi connectivity index (χ4n) is 3.64. The third-order valence-electron chi connectivity index (χ3n) is 5.43. The van der Waals surface area contributed by atoms with Gasteiger partial charge in [0.1, 0.15) is 11.5 Å². The van der Waals surface area contributed by atoms with E-state index in [2.05, 4.69) is 0 Å². The van der Waals surface area contributed by atoms with E-state index >= 15 is 0 Å². The average molecular weight is 411 g/mol. The molecule has 1 fully saturated rings. The fraction of sp³-hybridized carbons (Fsp3) is 0.417. The van der Waals surface area contributed by atoms with Crippen molar-refractivity contribution in [3.63, 3.8) is 0 Å². The van der Waals surface area contributed by atoms with Crippen LogP contribution in [-0.4, -0.2) is 61.5 Å². The molecule has 30 heavy (non-hydrogen) atoms. The van der Waals surface area contributed by atoms with Gasteiger partial charge < -0.3 is 19.3 Å². The SMILES string of the molecule is CCOc1ccc(C(=O)N2CCN(C(=O)CCc3ccc(OC)cc3)CC2)cc1C. The number of methoxy groups -OCH3 is 1. The molecule has 0 spiro atoms. The van der Waals surface area contributed by atoms with Gasteiger partial charge in [0, 0.05) is 38.2 Å². The van der Waals surface area contributed by atoms with Gasteiger partial charge in [-0.3, -0.25) is 9.59 Å². The van der Waals surface area contributed by atoms with Gasteiger partial charge in [-0.15, -0.1) is 0 Å². The highest BCUT2D eigenvalue weighted by atomic mass is 16.5. The maximum atomic E-state index is 12.8. The molecule has 6 heteroatoms. The van der Waals surface area contributed by atoms with E-state index in [9.17, 15) is 9.59 Å². The minimum atomic E-state index is 0.00600. The van der Waals surface area contributed by atoms with Gasteiger partial charge in [-0.1, -0.05) is 12.1 Å². The van der Waals surface area contributed by atoms with Gasteiger partial charge in [0.2, 0.25) is 5.91 Å². The van der Waals surface area contributed by atoms with Crippen molar-refractivity contribution < 1.29 is 19.1 Å². The van der Waals surface area contributed by atoms with Crippen molar-refractivity contribution in [1.29, 1.82) is 0 Å². The van der Waals surface area contributed by atoms with Gasteiger partial charge in [-0.25, -0.2) is 0 Å². The van der Waals surface area contributed by atoms with E-state index in [0.29, 0.717) is 51.2 Å². The van der Waals surface area contributed by atoms with Gasteiger partial charge in [0.25, 0.3) is 5.91 Å². The number of piperazine rings is 1. The third-order valence-corrected chi connectivity index (χ3v) is 5.43. The molecule has 160 valence electrons. The molecular weight excluding hydrogens is 380 g/mol. The van der Waals surface area contributed by atoms with Gasteiger partial charge in [-0.2, -0.15) is 0 Å². The molecule has 2 amide bonds. The molecule has 1 saturated heterocycles. The van der Waals surface area contributed by atoms with Crippen molar-refractivity contribution in [3.8, 4) is 11.5 Å². The van der Waals surface area contributed by atoms with Crippen LogP contribution in [0.3, 0.4) is 0 Å². The minimum Gasteiger partial charge on any atom is -0.497 e. The second kappa shape index (κ2) is 10.1. The summed E-state index contributed by atoms with van der Waals surface area (Å²) in [6, 6.07) is 13.3. The average Bonchev–Trinajstić information content (AvgIpc) is 2.79. The summed E-state index contributed by atoms with van der Waals surface area (Å²) >= 11 is 0. The quantitative estimate of drug-likeness (QED) is 0.703. The predicted molar refractivity (Wildman–Crippen MR) is 116 cm³/mol. The van der Waals surface area contributed by atoms with Gasteiger partial charge >= 0.3 is 0 Å². The number of carbonyl (C=O) groups excluding carboxylic acids is 2. The fourth-order valence-corrected chi connectivity index (χ4v) is 3.64. The van der Waals surface area contributed by atoms with Crippen LogP contribution in [0, 0.1) is 6.92 Å². The van der Waals surface area contributed by atoms with Gasteiger partial charge in [0.15, 0.2) is 0 Å². The molecule has 0 N–H and O–H groups in total. The topological polar surface area (TPSA) is 59.1 Å². The zero-order valence-electron chi connectivity index (χ0n) is 18.0. The summed E-state index contributed by atoms with van der Waals surface area (Å²) in [6.45, 7) is 6.74. The number of ether oxygens (including phenoxy) is 2. The summed E-state index contributed by atoms with van der Waals surface area (Å²) in [7, 11) is 1.64. The van der Waals surface area contributed by atoms with Crippen LogP contribution in [0.2, 0.25) is 0 Å². The van der Waals surface area contributed by atoms with Crippen LogP contribution in [-0.2, 0) is 11.2 Å². The Morgan fingerprint density at radius 2 is 1.63 bits per heavy atom. The number of carbonyl (C=O) groups is 2. The molecule has 1 heterocycles. The maximum absolute atomic E-state index is 12.8. The first-order chi connectivity index (χ1) is 14.5. The monoisotopic (exact) mass is 410 g/mol. The van der Waals surface area contributed by atoms with Crippen molar-refractivity contribution in [1.82, 2.24) is 9.80 Å². The Labute approximate surface area is 178 Å². The van der Waals surface area contributed by atoms with Gasteiger partial charge in [0.05, 0.1) is 13.7 Å². The van der Waals surface area contributed by atoms with E-state index in [1.807, 2.05) is 66.1 Å². The molecule has 2 aromatic carbocycles. The lowest BCUT2D eigenvalue weighted by Gasteiger charge is -2.35. The highest BCUT2D eigenvalue weighted by molar-refractivity contribution is 5.94. The Hall–Kier alpha value is -3.02. The molecule has 3 rings (SSSR count). The first kappa shape index (κ1) is 21.7. The molecule has 2 aromatic rings. The molecule has 0 aliphatic carbocycles. The van der Waals surface area contributed by atoms with Crippen LogP contribution in [0.5, 0.6) is 11.5 Å². The summed E-state index contributed by atoms with van der Waals surface area (Å²) < 4.78 is 10.7. The number of hydrogen-bond donors (Lipinski definition) is 0. The Morgan fingerprint density at radius 1 is 0.967 bits per heavy atom. The second-order valence-electron chi connectivity index (χ2n) is 7.43. The van der Waals surface area contributed by atoms with E-state index in [4.69, 9.17) is 9.47 Å². The zero-order chi connectivity index (χ0) is 21.5. The minimum absolute atomic E-state index is 0.00600. The standard InChI is InChI=1S/C24H30N2O4/c1-4-30-22-11-8-20(17-18(22)2)24(28)26-15-13-25(14-16-26)23(27)12-7-19-5-9-21(29-3)10-6-19/h5-6,8-11,17H,4,7,12-16H2,1-3H3. The largest absolute Gasteiger partial charge is 0.497 e. The number of nitrogens with zero attached hydrogens (tertiary/aromatic N) is 2. The lowest BCUT2D eigenvalue weighted by molar-refractivity contribution is -0.132. The number of rotatable bonds is 7. The summed E-state index contributed by atoms with van der Waals surface area (Å²) in [6.07, 6.45) is 1.17. The second-order valence-corrected chi connectivity index (χ2v) is 7.43. The molecule has 0 radical (unpaired) electrons. The summed E-state index contributed by atoms with van der Waals surface area (Å²) in [4.78, 5) is 29.1. The smallest absolute Gasteiger partial charge is 0.253 e. The lowest BCUT2D eigenvalue weighted by Crippen LogP contribution is -2.50. The van der Waals surface area contributed by atoms with Gasteiger partial charge in [-0.05, 0) is 61.7 Å². The van der Waals surface area contributed by atoms with Crippen LogP contribution in [0.15, 0.2) is 42.5 Å². The zero-order valence-corrected chi connectivity index (χ0v) is 18.0. The molecule has 6 nitrogen and oxygen atoms in total. The third kappa shape index (κ3) is 5.32. The van der Waals surface area contributed by atoms with Crippen molar-refractivity contribution in [2.24, 2.45) is 0 Å². The Balaban J connectivity index is 1.49. The van der Waals surface area contributed by atoms with Crippen molar-refractivity contribution in [2.75, 3.05) is 39.9 Å². The van der Waals surface area contributed by atoms with Crippen molar-refractivity contribution in [3.05, 3.63) is 59.2 Å². The molecule has 0 unspecified atom stereocenters.